The highest BCUT2D eigenvalue weighted by Crippen LogP contribution is 2.49. The van der Waals surface area contributed by atoms with Gasteiger partial charge in [-0.25, -0.2) is 0 Å². The van der Waals surface area contributed by atoms with Crippen LogP contribution in [0.15, 0.2) is 18.2 Å². The fourth-order valence-electron chi connectivity index (χ4n) is 4.66. The lowest BCUT2D eigenvalue weighted by molar-refractivity contribution is 0.0658. The van der Waals surface area contributed by atoms with Gasteiger partial charge in [0.15, 0.2) is 0 Å². The van der Waals surface area contributed by atoms with E-state index in [2.05, 4.69) is 31.0 Å². The summed E-state index contributed by atoms with van der Waals surface area (Å²) in [5.41, 5.74) is 3.22. The molecule has 1 saturated heterocycles. The average molecular weight is 354 g/mol. The lowest BCUT2D eigenvalue weighted by Crippen LogP contribution is -2.55. The number of likely N-dealkylation sites (tertiary alicyclic amines) is 1. The molecule has 2 nitrogen and oxygen atoms in total. The molecule has 118 valence electrons. The standard InChI is InChI=1S/C18H27NO.BrH/c1-3-4-10-18-11-5-12-19(2)17(18)9-7-14-6-8-15(20)13-16(14)18;/h6,8,13,17,20H,3-5,7,9-12H2,1-2H3;1H/t17-,18-;/m0./s1. The molecule has 1 aromatic carbocycles. The van der Waals surface area contributed by atoms with Crippen molar-refractivity contribution in [3.05, 3.63) is 29.3 Å². The van der Waals surface area contributed by atoms with Gasteiger partial charge in [-0.2, -0.15) is 0 Å². The SMILES string of the molecule is Br.CCCC[C@@]12CCCN(C)[C@H]1CCc1ccc(O)cc12. The monoisotopic (exact) mass is 353 g/mol. The first-order valence-corrected chi connectivity index (χ1v) is 8.20. The Balaban J connectivity index is 0.00000161. The molecular formula is C18H28BrNO. The summed E-state index contributed by atoms with van der Waals surface area (Å²) in [7, 11) is 2.29. The lowest BCUT2D eigenvalue weighted by atomic mass is 9.60. The second-order valence-electron chi connectivity index (χ2n) is 6.74. The van der Waals surface area contributed by atoms with Crippen molar-refractivity contribution in [3.8, 4) is 5.75 Å². The van der Waals surface area contributed by atoms with E-state index in [1.54, 1.807) is 0 Å². The van der Waals surface area contributed by atoms with E-state index >= 15 is 0 Å². The molecular weight excluding hydrogens is 326 g/mol. The fourth-order valence-corrected chi connectivity index (χ4v) is 4.66. The van der Waals surface area contributed by atoms with Gasteiger partial charge in [-0.15, -0.1) is 17.0 Å². The zero-order valence-corrected chi connectivity index (χ0v) is 15.0. The van der Waals surface area contributed by atoms with Gasteiger partial charge >= 0.3 is 0 Å². The van der Waals surface area contributed by atoms with Gasteiger partial charge in [-0.3, -0.25) is 0 Å². The van der Waals surface area contributed by atoms with Crippen molar-refractivity contribution in [1.29, 1.82) is 0 Å². The molecule has 1 N–H and O–H groups in total. The molecule has 21 heavy (non-hydrogen) atoms. The molecule has 0 bridgehead atoms. The highest BCUT2D eigenvalue weighted by molar-refractivity contribution is 8.93. The van der Waals surface area contributed by atoms with Crippen LogP contribution >= 0.6 is 17.0 Å². The summed E-state index contributed by atoms with van der Waals surface area (Å²) in [6.45, 7) is 3.51. The van der Waals surface area contributed by atoms with Crippen LogP contribution in [0.3, 0.4) is 0 Å². The van der Waals surface area contributed by atoms with E-state index in [4.69, 9.17) is 0 Å². The Bertz CT molecular complexity index is 490. The van der Waals surface area contributed by atoms with Crippen molar-refractivity contribution in [3.63, 3.8) is 0 Å². The maximum absolute atomic E-state index is 9.97. The van der Waals surface area contributed by atoms with E-state index < -0.39 is 0 Å². The normalized spacial score (nSPS) is 28.4. The molecule has 1 fully saturated rings. The first kappa shape index (κ1) is 16.8. The maximum Gasteiger partial charge on any atom is 0.115 e. The number of aromatic hydroxyl groups is 1. The number of fused-ring (bicyclic) bond motifs is 3. The van der Waals surface area contributed by atoms with Gasteiger partial charge < -0.3 is 10.0 Å². The number of rotatable bonds is 3. The maximum atomic E-state index is 9.97. The number of hydrogen-bond acceptors (Lipinski definition) is 2. The Morgan fingerprint density at radius 3 is 2.95 bits per heavy atom. The van der Waals surface area contributed by atoms with Crippen molar-refractivity contribution in [2.45, 2.75) is 63.3 Å². The molecule has 3 rings (SSSR count). The molecule has 0 spiro atoms. The first-order chi connectivity index (χ1) is 9.67. The van der Waals surface area contributed by atoms with Crippen molar-refractivity contribution in [1.82, 2.24) is 4.90 Å². The Morgan fingerprint density at radius 1 is 1.38 bits per heavy atom. The van der Waals surface area contributed by atoms with Gasteiger partial charge in [0, 0.05) is 11.5 Å². The Morgan fingerprint density at radius 2 is 2.19 bits per heavy atom. The summed E-state index contributed by atoms with van der Waals surface area (Å²) in [4.78, 5) is 2.58. The van der Waals surface area contributed by atoms with E-state index in [9.17, 15) is 5.11 Å². The molecule has 2 aliphatic rings. The average Bonchev–Trinajstić information content (AvgIpc) is 2.45. The number of piperidine rings is 1. The summed E-state index contributed by atoms with van der Waals surface area (Å²) in [5.74, 6) is 0.438. The number of aryl methyl sites for hydroxylation is 1. The number of phenols is 1. The van der Waals surface area contributed by atoms with Crippen LogP contribution in [0, 0.1) is 0 Å². The number of benzene rings is 1. The Labute approximate surface area is 139 Å². The Kier molecular flexibility index (Phi) is 5.37. The van der Waals surface area contributed by atoms with Crippen LogP contribution in [0.5, 0.6) is 5.75 Å². The molecule has 3 heteroatoms. The molecule has 0 radical (unpaired) electrons. The highest BCUT2D eigenvalue weighted by Gasteiger charge is 2.47. The van der Waals surface area contributed by atoms with Gasteiger partial charge in [0.25, 0.3) is 0 Å². The number of nitrogens with zero attached hydrogens (tertiary/aromatic N) is 1. The number of hydrogen-bond donors (Lipinski definition) is 1. The summed E-state index contributed by atoms with van der Waals surface area (Å²) in [6.07, 6.45) is 8.83. The molecule has 1 aliphatic carbocycles. The number of likely N-dealkylation sites (N-methyl/N-ethyl adjacent to an activating group) is 1. The summed E-state index contributed by atoms with van der Waals surface area (Å²) in [6, 6.07) is 6.75. The summed E-state index contributed by atoms with van der Waals surface area (Å²) < 4.78 is 0. The third-order valence-electron chi connectivity index (χ3n) is 5.60. The molecule has 1 heterocycles. The zero-order valence-electron chi connectivity index (χ0n) is 13.3. The van der Waals surface area contributed by atoms with Crippen LogP contribution in [-0.4, -0.2) is 29.6 Å². The van der Waals surface area contributed by atoms with Gasteiger partial charge in [-0.1, -0.05) is 25.8 Å². The van der Waals surface area contributed by atoms with Crippen LogP contribution in [0.4, 0.5) is 0 Å². The molecule has 1 aromatic rings. The van der Waals surface area contributed by atoms with Crippen molar-refractivity contribution in [2.75, 3.05) is 13.6 Å². The van der Waals surface area contributed by atoms with Gasteiger partial charge in [0.2, 0.25) is 0 Å². The molecule has 1 aliphatic heterocycles. The van der Waals surface area contributed by atoms with Crippen LogP contribution in [0.2, 0.25) is 0 Å². The van der Waals surface area contributed by atoms with E-state index in [-0.39, 0.29) is 22.4 Å². The zero-order chi connectivity index (χ0) is 14.2. The van der Waals surface area contributed by atoms with Crippen LogP contribution < -0.4 is 0 Å². The predicted octanol–water partition coefficient (Wildman–Crippen LogP) is 4.44. The minimum Gasteiger partial charge on any atom is -0.508 e. The second-order valence-corrected chi connectivity index (χ2v) is 6.74. The number of phenolic OH excluding ortho intramolecular Hbond substituents is 1. The van der Waals surface area contributed by atoms with Crippen LogP contribution in [0.1, 0.15) is 56.6 Å². The first-order valence-electron chi connectivity index (χ1n) is 8.20. The summed E-state index contributed by atoms with van der Waals surface area (Å²) >= 11 is 0. The Hall–Kier alpha value is -0.540. The molecule has 2 atom stereocenters. The fraction of sp³-hybridized carbons (Fsp3) is 0.667. The predicted molar refractivity (Wildman–Crippen MR) is 93.6 cm³/mol. The third-order valence-corrected chi connectivity index (χ3v) is 5.60. The largest absolute Gasteiger partial charge is 0.508 e. The third kappa shape index (κ3) is 2.87. The number of halogens is 1. The molecule has 0 saturated carbocycles. The van der Waals surface area contributed by atoms with Crippen molar-refractivity contribution in [2.24, 2.45) is 0 Å². The van der Waals surface area contributed by atoms with E-state index in [0.717, 1.165) is 0 Å². The minimum atomic E-state index is 0. The quantitative estimate of drug-likeness (QED) is 0.868. The van der Waals surface area contributed by atoms with Crippen molar-refractivity contribution < 1.29 is 5.11 Å². The topological polar surface area (TPSA) is 23.5 Å². The molecule has 0 unspecified atom stereocenters. The highest BCUT2D eigenvalue weighted by atomic mass is 79.9. The van der Waals surface area contributed by atoms with E-state index in [0.29, 0.717) is 11.8 Å². The van der Waals surface area contributed by atoms with Crippen LogP contribution in [0.25, 0.3) is 0 Å². The summed E-state index contributed by atoms with van der Waals surface area (Å²) in [5, 5.41) is 9.97. The van der Waals surface area contributed by atoms with Gasteiger partial charge in [0.1, 0.15) is 5.75 Å². The number of unbranched alkanes of at least 4 members (excludes halogenated alkanes) is 1. The minimum absolute atomic E-state index is 0. The molecule has 0 aromatic heterocycles. The van der Waals surface area contributed by atoms with Crippen molar-refractivity contribution >= 4 is 17.0 Å². The lowest BCUT2D eigenvalue weighted by Gasteiger charge is -2.53. The molecule has 0 amide bonds. The van der Waals surface area contributed by atoms with Gasteiger partial charge in [0.05, 0.1) is 0 Å². The van der Waals surface area contributed by atoms with Crippen LogP contribution in [-0.2, 0) is 11.8 Å². The van der Waals surface area contributed by atoms with E-state index in [1.807, 2.05) is 6.07 Å². The second kappa shape index (κ2) is 6.70. The van der Waals surface area contributed by atoms with E-state index in [1.165, 1.54) is 62.6 Å². The smallest absolute Gasteiger partial charge is 0.115 e. The van der Waals surface area contributed by atoms with Gasteiger partial charge in [-0.05, 0) is 69.0 Å².